The molecule has 45 heavy (non-hydrogen) atoms. The van der Waals surface area contributed by atoms with Crippen LogP contribution >= 0.6 is 0 Å². The molecule has 0 saturated carbocycles. The highest BCUT2D eigenvalue weighted by Gasteiger charge is 2.26. The molecule has 0 heterocycles. The Morgan fingerprint density at radius 3 is 0.756 bits per heavy atom. The maximum absolute atomic E-state index is 10.6. The van der Waals surface area contributed by atoms with E-state index in [9.17, 15) is 10.2 Å². The second-order valence-electron chi connectivity index (χ2n) is 15.1. The van der Waals surface area contributed by atoms with E-state index in [-0.39, 0.29) is 18.6 Å². The van der Waals surface area contributed by atoms with Crippen LogP contribution in [0.4, 0.5) is 0 Å². The van der Waals surface area contributed by atoms with Gasteiger partial charge in [-0.2, -0.15) is 0 Å². The minimum Gasteiger partial charge on any atom is -0.396 e. The quantitative estimate of drug-likeness (QED) is 0.0659. The maximum Gasteiger partial charge on any atom is 0.0590 e. The molecule has 0 amide bonds. The first-order valence-corrected chi connectivity index (χ1v) is 21.5. The molecule has 0 radical (unpaired) electrons. The first kappa shape index (κ1) is 44.9. The van der Waals surface area contributed by atoms with Gasteiger partial charge in [0.2, 0.25) is 0 Å². The van der Waals surface area contributed by atoms with Crippen LogP contribution in [0.25, 0.3) is 0 Å². The van der Waals surface area contributed by atoms with Crippen LogP contribution in [-0.2, 0) is 0 Å². The lowest BCUT2D eigenvalue weighted by atomic mass is 9.80. The Morgan fingerprint density at radius 2 is 0.556 bits per heavy atom. The van der Waals surface area contributed by atoms with Crippen molar-refractivity contribution in [3.63, 3.8) is 0 Å². The summed E-state index contributed by atoms with van der Waals surface area (Å²) in [7, 11) is 0. The third-order valence-corrected chi connectivity index (χ3v) is 10.8. The standard InChI is InChI=1S/C43H88O2/c1-4-7-9-11-13-15-17-19-21-23-25-27-29-31-33-35-37-39-41(42(40-44)43(45)6-3)38-36-34-32-30-28-26-24-22-20-18-16-14-12-10-8-5-2/h41-45H,4-40H2,1-3H3. The van der Waals surface area contributed by atoms with Crippen molar-refractivity contribution < 1.29 is 10.2 Å². The maximum atomic E-state index is 10.6. The molecule has 0 aromatic rings. The van der Waals surface area contributed by atoms with Crippen LogP contribution in [0, 0.1) is 11.8 Å². The lowest BCUT2D eigenvalue weighted by Gasteiger charge is -2.29. The van der Waals surface area contributed by atoms with Crippen LogP contribution in [0.15, 0.2) is 0 Å². The number of aliphatic hydroxyl groups is 2. The van der Waals surface area contributed by atoms with E-state index in [4.69, 9.17) is 0 Å². The average Bonchev–Trinajstić information content (AvgIpc) is 3.05. The van der Waals surface area contributed by atoms with Crippen molar-refractivity contribution in [2.75, 3.05) is 6.61 Å². The lowest BCUT2D eigenvalue weighted by Crippen LogP contribution is -2.30. The molecule has 272 valence electrons. The molecular formula is C43H88O2. The molecule has 2 heteroatoms. The summed E-state index contributed by atoms with van der Waals surface area (Å²) in [6.45, 7) is 6.81. The largest absolute Gasteiger partial charge is 0.396 e. The summed E-state index contributed by atoms with van der Waals surface area (Å²) in [6, 6.07) is 0. The van der Waals surface area contributed by atoms with E-state index in [0.29, 0.717) is 5.92 Å². The molecule has 0 spiro atoms. The highest BCUT2D eigenvalue weighted by atomic mass is 16.3. The highest BCUT2D eigenvalue weighted by Crippen LogP contribution is 2.29. The van der Waals surface area contributed by atoms with E-state index in [2.05, 4.69) is 20.8 Å². The van der Waals surface area contributed by atoms with E-state index in [1.165, 1.54) is 225 Å². The predicted octanol–water partition coefficient (Wildman–Crippen LogP) is 14.7. The molecule has 2 nitrogen and oxygen atoms in total. The van der Waals surface area contributed by atoms with E-state index >= 15 is 0 Å². The molecule has 0 aliphatic rings. The zero-order chi connectivity index (χ0) is 32.9. The Bertz CT molecular complexity index is 520. The van der Waals surface area contributed by atoms with Crippen molar-refractivity contribution in [1.82, 2.24) is 0 Å². The number of hydrogen-bond donors (Lipinski definition) is 2. The fraction of sp³-hybridized carbons (Fsp3) is 1.00. The van der Waals surface area contributed by atoms with Gasteiger partial charge in [0.25, 0.3) is 0 Å². The third-order valence-electron chi connectivity index (χ3n) is 10.8. The molecule has 0 rings (SSSR count). The summed E-state index contributed by atoms with van der Waals surface area (Å²) in [6.07, 6.45) is 49.4. The highest BCUT2D eigenvalue weighted by molar-refractivity contribution is 4.76. The van der Waals surface area contributed by atoms with Crippen LogP contribution in [0.3, 0.4) is 0 Å². The summed E-state index contributed by atoms with van der Waals surface area (Å²) in [4.78, 5) is 0. The minimum atomic E-state index is -0.341. The number of rotatable bonds is 39. The molecule has 3 unspecified atom stereocenters. The fourth-order valence-electron chi connectivity index (χ4n) is 7.55. The van der Waals surface area contributed by atoms with Crippen molar-refractivity contribution in [2.45, 2.75) is 258 Å². The summed E-state index contributed by atoms with van der Waals surface area (Å²) >= 11 is 0. The molecule has 0 aromatic carbocycles. The minimum absolute atomic E-state index is 0.0763. The molecule has 0 aliphatic heterocycles. The number of hydrogen-bond acceptors (Lipinski definition) is 2. The van der Waals surface area contributed by atoms with Gasteiger partial charge in [0.15, 0.2) is 0 Å². The van der Waals surface area contributed by atoms with Crippen molar-refractivity contribution in [3.8, 4) is 0 Å². The first-order valence-electron chi connectivity index (χ1n) is 21.5. The summed E-state index contributed by atoms with van der Waals surface area (Å²) in [5.74, 6) is 0.570. The molecule has 2 N–H and O–H groups in total. The van der Waals surface area contributed by atoms with Crippen molar-refractivity contribution in [2.24, 2.45) is 11.8 Å². The zero-order valence-electron chi connectivity index (χ0n) is 31.8. The Balaban J connectivity index is 3.78. The Morgan fingerprint density at radius 1 is 0.333 bits per heavy atom. The monoisotopic (exact) mass is 637 g/mol. The number of aliphatic hydroxyl groups excluding tert-OH is 2. The van der Waals surface area contributed by atoms with Gasteiger partial charge in [-0.3, -0.25) is 0 Å². The van der Waals surface area contributed by atoms with Gasteiger partial charge >= 0.3 is 0 Å². The van der Waals surface area contributed by atoms with Gasteiger partial charge in [-0.25, -0.2) is 0 Å². The SMILES string of the molecule is CCCCCCCCCCCCCCCCCCCC(CCCCCCCCCCCCCCCCCC)C(CO)C(O)CC. The zero-order valence-corrected chi connectivity index (χ0v) is 31.8. The fourth-order valence-corrected chi connectivity index (χ4v) is 7.55. The molecule has 0 saturated heterocycles. The smallest absolute Gasteiger partial charge is 0.0590 e. The van der Waals surface area contributed by atoms with Crippen LogP contribution in [0.1, 0.15) is 252 Å². The van der Waals surface area contributed by atoms with Gasteiger partial charge in [-0.1, -0.05) is 245 Å². The average molecular weight is 637 g/mol. The molecule has 0 aliphatic carbocycles. The van der Waals surface area contributed by atoms with Gasteiger partial charge in [0.05, 0.1) is 6.10 Å². The summed E-state index contributed by atoms with van der Waals surface area (Å²) in [5.41, 5.74) is 0. The molecular weight excluding hydrogens is 548 g/mol. The predicted molar refractivity (Wildman–Crippen MR) is 203 cm³/mol. The second-order valence-corrected chi connectivity index (χ2v) is 15.1. The van der Waals surface area contributed by atoms with Crippen LogP contribution in [0.5, 0.6) is 0 Å². The van der Waals surface area contributed by atoms with E-state index in [0.717, 1.165) is 6.42 Å². The van der Waals surface area contributed by atoms with Gasteiger partial charge in [0, 0.05) is 12.5 Å². The molecule has 0 aromatic heterocycles. The van der Waals surface area contributed by atoms with Crippen LogP contribution < -0.4 is 0 Å². The Hall–Kier alpha value is -0.0800. The Labute approximate surface area is 286 Å². The second kappa shape index (κ2) is 38.4. The van der Waals surface area contributed by atoms with Crippen molar-refractivity contribution >= 4 is 0 Å². The van der Waals surface area contributed by atoms with Crippen molar-refractivity contribution in [1.29, 1.82) is 0 Å². The molecule has 0 bridgehead atoms. The van der Waals surface area contributed by atoms with Crippen molar-refractivity contribution in [3.05, 3.63) is 0 Å². The van der Waals surface area contributed by atoms with E-state index in [1.54, 1.807) is 0 Å². The summed E-state index contributed by atoms with van der Waals surface area (Å²) < 4.78 is 0. The first-order chi connectivity index (χ1) is 22.2. The van der Waals surface area contributed by atoms with Gasteiger partial charge in [-0.15, -0.1) is 0 Å². The van der Waals surface area contributed by atoms with Gasteiger partial charge < -0.3 is 10.2 Å². The third kappa shape index (κ3) is 32.3. The van der Waals surface area contributed by atoms with E-state index in [1.807, 2.05) is 0 Å². The van der Waals surface area contributed by atoms with Crippen LogP contribution in [0.2, 0.25) is 0 Å². The number of unbranched alkanes of at least 4 members (excludes halogenated alkanes) is 31. The van der Waals surface area contributed by atoms with Crippen LogP contribution in [-0.4, -0.2) is 22.9 Å². The Kier molecular flexibility index (Phi) is 38.3. The van der Waals surface area contributed by atoms with E-state index < -0.39 is 0 Å². The molecule has 0 fully saturated rings. The lowest BCUT2D eigenvalue weighted by molar-refractivity contribution is 0.0236. The topological polar surface area (TPSA) is 40.5 Å². The summed E-state index contributed by atoms with van der Waals surface area (Å²) in [5, 5.41) is 20.7. The molecule has 3 atom stereocenters. The van der Waals surface area contributed by atoms with Gasteiger partial charge in [0.1, 0.15) is 0 Å². The van der Waals surface area contributed by atoms with Gasteiger partial charge in [-0.05, 0) is 12.3 Å². The normalized spacial score (nSPS) is 13.8.